The van der Waals surface area contributed by atoms with E-state index in [0.29, 0.717) is 35.1 Å². The van der Waals surface area contributed by atoms with Crippen LogP contribution in [0.15, 0.2) is 174 Å². The second-order valence-corrected chi connectivity index (χ2v) is 14.1. The van der Waals surface area contributed by atoms with E-state index < -0.39 is 17.1 Å². The van der Waals surface area contributed by atoms with Crippen molar-refractivity contribution in [3.63, 3.8) is 0 Å². The number of rotatable bonds is 14. The molecule has 7 nitrogen and oxygen atoms in total. The molecular weight excluding hydrogens is 691 g/mol. The molecule has 0 radical (unpaired) electrons. The molecule has 8 heteroatoms. The Kier molecular flexibility index (Phi) is 12.7. The summed E-state index contributed by atoms with van der Waals surface area (Å²) in [7, 11) is 0. The first-order chi connectivity index (χ1) is 26.3. The van der Waals surface area contributed by atoms with Crippen LogP contribution in [0.1, 0.15) is 57.6 Å². The van der Waals surface area contributed by atoms with Crippen LogP contribution in [0.5, 0.6) is 5.75 Å². The monoisotopic (exact) mass is 731 g/mol. The van der Waals surface area contributed by atoms with Gasteiger partial charge in [-0.2, -0.15) is 0 Å². The van der Waals surface area contributed by atoms with Crippen molar-refractivity contribution in [2.45, 2.75) is 36.5 Å². The first-order valence-corrected chi connectivity index (χ1v) is 18.6. The predicted molar refractivity (Wildman–Crippen MR) is 218 cm³/mol. The fourth-order valence-corrected chi connectivity index (χ4v) is 6.55. The topological polar surface area (TPSA) is 96.5 Å². The van der Waals surface area contributed by atoms with Crippen molar-refractivity contribution in [1.29, 1.82) is 0 Å². The molecule has 3 amide bonds. The zero-order valence-corrected chi connectivity index (χ0v) is 30.9. The predicted octanol–water partition coefficient (Wildman–Crippen LogP) is 10.3. The highest BCUT2D eigenvalue weighted by Gasteiger charge is 2.23. The first-order valence-electron chi connectivity index (χ1n) is 17.7. The lowest BCUT2D eigenvalue weighted by molar-refractivity contribution is -0.116. The minimum absolute atomic E-state index is 0.0718. The summed E-state index contributed by atoms with van der Waals surface area (Å²) in [6.45, 7) is 4.70. The number of carbonyl (C=O) groups is 3. The van der Waals surface area contributed by atoms with Crippen molar-refractivity contribution in [3.8, 4) is 5.75 Å². The summed E-state index contributed by atoms with van der Waals surface area (Å²) in [4.78, 5) is 41.3. The molecular formula is C46H41N3O4S. The van der Waals surface area contributed by atoms with E-state index in [9.17, 15) is 14.4 Å². The second-order valence-electron chi connectivity index (χ2n) is 12.9. The van der Waals surface area contributed by atoms with E-state index in [1.165, 1.54) is 17.3 Å². The molecule has 54 heavy (non-hydrogen) atoms. The number of hydrogen-bond donors (Lipinski definition) is 3. The van der Waals surface area contributed by atoms with Crippen molar-refractivity contribution < 1.29 is 19.1 Å². The van der Waals surface area contributed by atoms with E-state index in [2.05, 4.69) is 29.8 Å². The third-order valence-electron chi connectivity index (χ3n) is 8.52. The molecule has 6 rings (SSSR count). The lowest BCUT2D eigenvalue weighted by atomic mass is 10.0. The lowest BCUT2D eigenvalue weighted by Crippen LogP contribution is -2.30. The van der Waals surface area contributed by atoms with Crippen molar-refractivity contribution in [1.82, 2.24) is 5.32 Å². The van der Waals surface area contributed by atoms with Gasteiger partial charge in [-0.05, 0) is 94.9 Å². The quantitative estimate of drug-likeness (QED) is 0.0766. The van der Waals surface area contributed by atoms with Crippen molar-refractivity contribution in [2.24, 2.45) is 0 Å². The van der Waals surface area contributed by atoms with Crippen molar-refractivity contribution in [2.75, 3.05) is 10.6 Å². The van der Waals surface area contributed by atoms with Crippen LogP contribution in [0.4, 0.5) is 11.4 Å². The van der Waals surface area contributed by atoms with Crippen molar-refractivity contribution >= 4 is 46.9 Å². The molecule has 0 saturated heterocycles. The first kappa shape index (κ1) is 37.4. The maximum absolute atomic E-state index is 13.7. The van der Waals surface area contributed by atoms with Gasteiger partial charge in [0.05, 0.1) is 0 Å². The standard InChI is InChI=1S/C46H41N3O4S/c1-32(2)35-20-22-38(23-21-35)48-46(52)43(36-14-8-4-9-15-36)54-41-28-24-39(25-29-41)47-45(51)42(49-44(50)37-16-10-5-11-17-37)30-33-18-26-40(27-19-33)53-31-34-12-6-3-7-13-34/h3-30,32,43H,31H2,1-2H3,(H,47,51)(H,48,52)(H,49,50)/b42-30-. The Hall–Kier alpha value is -6.38. The maximum atomic E-state index is 13.7. The number of carbonyl (C=O) groups excluding carboxylic acids is 3. The van der Waals surface area contributed by atoms with Gasteiger partial charge in [-0.15, -0.1) is 11.8 Å². The van der Waals surface area contributed by atoms with Crippen LogP contribution in [0.25, 0.3) is 6.08 Å². The molecule has 0 aliphatic carbocycles. The molecule has 3 N–H and O–H groups in total. The third-order valence-corrected chi connectivity index (χ3v) is 9.79. The number of nitrogens with one attached hydrogen (secondary N) is 3. The summed E-state index contributed by atoms with van der Waals surface area (Å²) in [6, 6.07) is 50.8. The summed E-state index contributed by atoms with van der Waals surface area (Å²) >= 11 is 1.42. The molecule has 6 aromatic carbocycles. The van der Waals surface area contributed by atoms with Crippen LogP contribution in [0.2, 0.25) is 0 Å². The largest absolute Gasteiger partial charge is 0.489 e. The Morgan fingerprint density at radius 2 is 1.20 bits per heavy atom. The van der Waals surface area contributed by atoms with Gasteiger partial charge in [0.25, 0.3) is 11.8 Å². The molecule has 0 fully saturated rings. The number of amides is 3. The Labute approximate surface area is 320 Å². The normalized spacial score (nSPS) is 11.7. The highest BCUT2D eigenvalue weighted by atomic mass is 32.2. The highest BCUT2D eigenvalue weighted by molar-refractivity contribution is 8.00. The molecule has 1 unspecified atom stereocenters. The van der Waals surface area contributed by atoms with Gasteiger partial charge in [0.15, 0.2) is 0 Å². The molecule has 1 atom stereocenters. The summed E-state index contributed by atoms with van der Waals surface area (Å²) in [6.07, 6.45) is 1.63. The van der Waals surface area contributed by atoms with Gasteiger partial charge in [0.2, 0.25) is 5.91 Å². The zero-order chi connectivity index (χ0) is 37.7. The summed E-state index contributed by atoms with van der Waals surface area (Å²) < 4.78 is 5.92. The van der Waals surface area contributed by atoms with Gasteiger partial charge < -0.3 is 20.7 Å². The molecule has 0 bridgehead atoms. The number of benzene rings is 6. The summed E-state index contributed by atoms with van der Waals surface area (Å²) in [5, 5.41) is 8.26. The van der Waals surface area contributed by atoms with Crippen LogP contribution < -0.4 is 20.7 Å². The Bertz CT molecular complexity index is 2170. The van der Waals surface area contributed by atoms with Crippen LogP contribution in [0.3, 0.4) is 0 Å². The number of thioether (sulfide) groups is 1. The van der Waals surface area contributed by atoms with Gasteiger partial charge in [-0.1, -0.05) is 117 Å². The molecule has 0 saturated carbocycles. The number of hydrogen-bond acceptors (Lipinski definition) is 5. The average Bonchev–Trinajstić information content (AvgIpc) is 3.21. The van der Waals surface area contributed by atoms with Crippen LogP contribution >= 0.6 is 11.8 Å². The summed E-state index contributed by atoms with van der Waals surface area (Å²) in [5.41, 5.74) is 5.59. The lowest BCUT2D eigenvalue weighted by Gasteiger charge is -2.18. The smallest absolute Gasteiger partial charge is 0.272 e. The average molecular weight is 732 g/mol. The molecule has 0 heterocycles. The summed E-state index contributed by atoms with van der Waals surface area (Å²) in [5.74, 6) is 0.0391. The number of anilines is 2. The molecule has 270 valence electrons. The maximum Gasteiger partial charge on any atom is 0.272 e. The minimum Gasteiger partial charge on any atom is -0.489 e. The van der Waals surface area contributed by atoms with E-state index in [0.717, 1.165) is 21.7 Å². The van der Waals surface area contributed by atoms with Gasteiger partial charge in [0.1, 0.15) is 23.3 Å². The third kappa shape index (κ3) is 10.6. The highest BCUT2D eigenvalue weighted by Crippen LogP contribution is 2.37. The molecule has 0 aliphatic heterocycles. The van der Waals surface area contributed by atoms with Crippen LogP contribution in [-0.4, -0.2) is 17.7 Å². The molecule has 0 aliphatic rings. The fraction of sp³-hybridized carbons (Fsp3) is 0.109. The zero-order valence-electron chi connectivity index (χ0n) is 30.1. The Morgan fingerprint density at radius 1 is 0.630 bits per heavy atom. The Balaban J connectivity index is 1.16. The van der Waals surface area contributed by atoms with E-state index in [1.54, 1.807) is 42.5 Å². The van der Waals surface area contributed by atoms with Gasteiger partial charge >= 0.3 is 0 Å². The molecule has 6 aromatic rings. The minimum atomic E-state index is -0.519. The van der Waals surface area contributed by atoms with E-state index in [-0.39, 0.29) is 11.6 Å². The Morgan fingerprint density at radius 3 is 1.83 bits per heavy atom. The van der Waals surface area contributed by atoms with Gasteiger partial charge in [0, 0.05) is 21.8 Å². The number of ether oxygens (including phenoxy) is 1. The SMILES string of the molecule is CC(C)c1ccc(NC(=O)C(Sc2ccc(NC(=O)/C(=C/c3ccc(OCc4ccccc4)cc3)NC(=O)c3ccccc3)cc2)c2ccccc2)cc1. The van der Waals surface area contributed by atoms with Crippen LogP contribution in [0, 0.1) is 0 Å². The van der Waals surface area contributed by atoms with Crippen LogP contribution in [-0.2, 0) is 16.2 Å². The second kappa shape index (κ2) is 18.4. The van der Waals surface area contributed by atoms with E-state index >= 15 is 0 Å². The molecule has 0 aromatic heterocycles. The van der Waals surface area contributed by atoms with E-state index in [1.807, 2.05) is 127 Å². The van der Waals surface area contributed by atoms with Gasteiger partial charge in [-0.25, -0.2) is 0 Å². The fourth-order valence-electron chi connectivity index (χ4n) is 5.52. The molecule has 0 spiro atoms. The van der Waals surface area contributed by atoms with E-state index in [4.69, 9.17) is 4.74 Å². The van der Waals surface area contributed by atoms with Gasteiger partial charge in [-0.3, -0.25) is 14.4 Å². The van der Waals surface area contributed by atoms with Crippen molar-refractivity contribution in [3.05, 3.63) is 197 Å².